The quantitative estimate of drug-likeness (QED) is 0.195. The largest absolute Gasteiger partial charge is 0.355 e. The van der Waals surface area contributed by atoms with Gasteiger partial charge in [0.1, 0.15) is 4.21 Å². The van der Waals surface area contributed by atoms with E-state index in [0.717, 1.165) is 24.4 Å². The Hall–Kier alpha value is -1.21. The summed E-state index contributed by atoms with van der Waals surface area (Å²) in [6.07, 6.45) is 1.04. The summed E-state index contributed by atoms with van der Waals surface area (Å²) in [6, 6.07) is 14.8. The van der Waals surface area contributed by atoms with E-state index in [1.807, 2.05) is 19.1 Å². The Bertz CT molecular complexity index is 950. The smallest absolute Gasteiger partial charge is 0.250 e. The second-order valence-corrected chi connectivity index (χ2v) is 10.9. The van der Waals surface area contributed by atoms with Crippen molar-refractivity contribution in [2.24, 2.45) is 4.99 Å². The third-order valence-electron chi connectivity index (χ3n) is 5.19. The first-order valence-corrected chi connectivity index (χ1v) is 12.5. The fraction of sp³-hybridized carbons (Fsp3) is 0.476. The van der Waals surface area contributed by atoms with Crippen LogP contribution in [-0.2, 0) is 16.6 Å². The molecule has 7 nitrogen and oxygen atoms in total. The topological polar surface area (TPSA) is 85.8 Å². The van der Waals surface area contributed by atoms with Crippen LogP contribution in [-0.4, -0.2) is 58.0 Å². The van der Waals surface area contributed by atoms with E-state index in [-0.39, 0.29) is 24.0 Å². The van der Waals surface area contributed by atoms with Gasteiger partial charge in [-0.05, 0) is 38.0 Å². The molecule has 1 fully saturated rings. The van der Waals surface area contributed by atoms with Gasteiger partial charge < -0.3 is 10.6 Å². The van der Waals surface area contributed by atoms with Gasteiger partial charge in [0.15, 0.2) is 5.96 Å². The predicted octanol–water partition coefficient (Wildman–Crippen LogP) is 2.78. The van der Waals surface area contributed by atoms with Crippen LogP contribution in [0.2, 0.25) is 0 Å². The van der Waals surface area contributed by atoms with Crippen LogP contribution >= 0.6 is 35.3 Å². The Labute approximate surface area is 206 Å². The van der Waals surface area contributed by atoms with Crippen LogP contribution in [0.5, 0.6) is 0 Å². The number of guanidine groups is 1. The fourth-order valence-electron chi connectivity index (χ4n) is 3.62. The van der Waals surface area contributed by atoms with Gasteiger partial charge in [-0.1, -0.05) is 30.3 Å². The summed E-state index contributed by atoms with van der Waals surface area (Å²) < 4.78 is 27.5. The number of halogens is 1. The zero-order valence-corrected chi connectivity index (χ0v) is 22.1. The highest BCUT2D eigenvalue weighted by atomic mass is 127. The molecule has 0 amide bonds. The molecule has 0 aliphatic carbocycles. The van der Waals surface area contributed by atoms with Crippen molar-refractivity contribution in [2.75, 3.05) is 26.7 Å². The maximum Gasteiger partial charge on any atom is 0.250 e. The molecule has 1 aromatic carbocycles. The van der Waals surface area contributed by atoms with Crippen LogP contribution in [0.25, 0.3) is 0 Å². The van der Waals surface area contributed by atoms with Gasteiger partial charge in [0.25, 0.3) is 0 Å². The Morgan fingerprint density at radius 2 is 1.94 bits per heavy atom. The van der Waals surface area contributed by atoms with Crippen molar-refractivity contribution in [3.63, 3.8) is 0 Å². The molecule has 10 heteroatoms. The second-order valence-electron chi connectivity index (χ2n) is 7.60. The van der Waals surface area contributed by atoms with Gasteiger partial charge in [-0.2, -0.15) is 0 Å². The minimum absolute atomic E-state index is 0. The van der Waals surface area contributed by atoms with Crippen molar-refractivity contribution in [1.29, 1.82) is 0 Å². The molecule has 1 saturated heterocycles. The standard InChI is InChI=1S/C21H31N5O2S2.HI/c1-16-13-19(15-26(16)14-18-7-5-4-6-8-18)25-21(22-3)23-11-12-24-30(27,28)20-10-9-17(2)29-20;/h4-10,16,19,24H,11-15H2,1-3H3,(H2,22,23,25);1H. The zero-order valence-electron chi connectivity index (χ0n) is 18.2. The number of nitrogens with one attached hydrogen (secondary N) is 3. The van der Waals surface area contributed by atoms with Crippen molar-refractivity contribution in [3.8, 4) is 0 Å². The number of hydrogen-bond donors (Lipinski definition) is 3. The molecule has 2 aromatic rings. The average molecular weight is 578 g/mol. The Morgan fingerprint density at radius 1 is 1.19 bits per heavy atom. The first-order chi connectivity index (χ1) is 14.4. The lowest BCUT2D eigenvalue weighted by Gasteiger charge is -2.21. The van der Waals surface area contributed by atoms with Crippen LogP contribution in [0, 0.1) is 6.92 Å². The summed E-state index contributed by atoms with van der Waals surface area (Å²) in [7, 11) is -1.72. The number of likely N-dealkylation sites (tertiary alicyclic amines) is 1. The molecular formula is C21H32IN5O2S2. The summed E-state index contributed by atoms with van der Waals surface area (Å²) >= 11 is 1.27. The van der Waals surface area contributed by atoms with Gasteiger partial charge >= 0.3 is 0 Å². The normalized spacial score (nSPS) is 19.8. The summed E-state index contributed by atoms with van der Waals surface area (Å²) in [5.74, 6) is 0.694. The maximum atomic E-state index is 12.3. The first kappa shape index (κ1) is 26.0. The fourth-order valence-corrected chi connectivity index (χ4v) is 5.98. The summed E-state index contributed by atoms with van der Waals surface area (Å²) in [5, 5.41) is 6.67. The van der Waals surface area contributed by atoms with Gasteiger partial charge in [0.2, 0.25) is 10.0 Å². The highest BCUT2D eigenvalue weighted by Crippen LogP contribution is 2.21. The van der Waals surface area contributed by atoms with Crippen molar-refractivity contribution in [1.82, 2.24) is 20.3 Å². The molecule has 172 valence electrons. The molecule has 2 atom stereocenters. The van der Waals surface area contributed by atoms with Crippen LogP contribution < -0.4 is 15.4 Å². The number of benzene rings is 1. The number of rotatable bonds is 8. The van der Waals surface area contributed by atoms with Gasteiger partial charge in [0, 0.05) is 50.2 Å². The van der Waals surface area contributed by atoms with Crippen LogP contribution in [0.15, 0.2) is 51.7 Å². The van der Waals surface area contributed by atoms with E-state index in [1.54, 1.807) is 13.1 Å². The summed E-state index contributed by atoms with van der Waals surface area (Å²) in [4.78, 5) is 7.73. The predicted molar refractivity (Wildman–Crippen MR) is 139 cm³/mol. The summed E-state index contributed by atoms with van der Waals surface area (Å²) in [5.41, 5.74) is 1.32. The molecule has 0 radical (unpaired) electrons. The number of nitrogens with zero attached hydrogens (tertiary/aromatic N) is 2. The number of hydrogen-bond acceptors (Lipinski definition) is 5. The molecule has 0 spiro atoms. The van der Waals surface area contributed by atoms with Crippen molar-refractivity contribution in [2.45, 2.75) is 43.1 Å². The zero-order chi connectivity index (χ0) is 21.6. The lowest BCUT2D eigenvalue weighted by atomic mass is 10.2. The van der Waals surface area contributed by atoms with Crippen LogP contribution in [0.4, 0.5) is 0 Å². The van der Waals surface area contributed by atoms with Gasteiger partial charge in [0.05, 0.1) is 0 Å². The summed E-state index contributed by atoms with van der Waals surface area (Å²) in [6.45, 7) is 6.78. The number of aryl methyl sites for hydroxylation is 1. The highest BCUT2D eigenvalue weighted by molar-refractivity contribution is 14.0. The van der Waals surface area contributed by atoms with Gasteiger partial charge in [-0.15, -0.1) is 35.3 Å². The van der Waals surface area contributed by atoms with E-state index >= 15 is 0 Å². The second kappa shape index (κ2) is 12.1. The van der Waals surface area contributed by atoms with Crippen molar-refractivity contribution < 1.29 is 8.42 Å². The van der Waals surface area contributed by atoms with Crippen LogP contribution in [0.3, 0.4) is 0 Å². The monoisotopic (exact) mass is 577 g/mol. The molecule has 1 aliphatic rings. The van der Waals surface area contributed by atoms with Crippen molar-refractivity contribution >= 4 is 51.3 Å². The molecule has 0 saturated carbocycles. The maximum absolute atomic E-state index is 12.3. The van der Waals surface area contributed by atoms with Gasteiger partial charge in [-0.25, -0.2) is 13.1 Å². The molecule has 2 heterocycles. The Morgan fingerprint density at radius 3 is 2.58 bits per heavy atom. The molecule has 31 heavy (non-hydrogen) atoms. The lowest BCUT2D eigenvalue weighted by molar-refractivity contribution is 0.258. The molecule has 0 bridgehead atoms. The molecule has 1 aliphatic heterocycles. The number of thiophene rings is 1. The third-order valence-corrected chi connectivity index (χ3v) is 8.14. The highest BCUT2D eigenvalue weighted by Gasteiger charge is 2.29. The van der Waals surface area contributed by atoms with E-state index < -0.39 is 10.0 Å². The van der Waals surface area contributed by atoms with Crippen molar-refractivity contribution in [3.05, 3.63) is 52.9 Å². The number of aliphatic imine (C=N–C) groups is 1. The van der Waals surface area contributed by atoms with E-state index in [4.69, 9.17) is 0 Å². The molecule has 3 N–H and O–H groups in total. The minimum atomic E-state index is -3.45. The van der Waals surface area contributed by atoms with Crippen LogP contribution in [0.1, 0.15) is 23.8 Å². The first-order valence-electron chi connectivity index (χ1n) is 10.2. The molecular weight excluding hydrogens is 545 g/mol. The van der Waals surface area contributed by atoms with E-state index in [9.17, 15) is 8.42 Å². The Kier molecular flexibility index (Phi) is 10.2. The molecule has 2 unspecified atom stereocenters. The SMILES string of the molecule is CN=C(NCCNS(=O)(=O)c1ccc(C)s1)NC1CC(C)N(Cc2ccccc2)C1.I. The molecule has 3 rings (SSSR count). The van der Waals surface area contributed by atoms with E-state index in [2.05, 4.69) is 56.4 Å². The van der Waals surface area contributed by atoms with E-state index in [0.29, 0.717) is 35.3 Å². The average Bonchev–Trinajstić information content (AvgIpc) is 3.31. The molecule has 1 aromatic heterocycles. The minimum Gasteiger partial charge on any atom is -0.355 e. The van der Waals surface area contributed by atoms with E-state index in [1.165, 1.54) is 16.9 Å². The van der Waals surface area contributed by atoms with Gasteiger partial charge in [-0.3, -0.25) is 9.89 Å². The lowest BCUT2D eigenvalue weighted by Crippen LogP contribution is -2.46. The Balaban J connectivity index is 0.00000341. The number of sulfonamides is 1. The third kappa shape index (κ3) is 7.70.